The molecule has 0 atom stereocenters. The molecule has 1 saturated heterocycles. The number of imidazole rings is 1. The minimum atomic E-state index is -0.210. The fourth-order valence-electron chi connectivity index (χ4n) is 4.10. The Morgan fingerprint density at radius 3 is 2.45 bits per heavy atom. The van der Waals surface area contributed by atoms with Crippen LogP contribution in [0.4, 0.5) is 0 Å². The number of amides is 1. The Balaban J connectivity index is 1.54. The second kappa shape index (κ2) is 7.98. The lowest BCUT2D eigenvalue weighted by Gasteiger charge is -2.35. The molecular formula is C24H22N6O3. The first-order valence-corrected chi connectivity index (χ1v) is 10.4. The van der Waals surface area contributed by atoms with Crippen molar-refractivity contribution < 1.29 is 14.3 Å². The van der Waals surface area contributed by atoms with Gasteiger partial charge in [-0.15, -0.1) is 0 Å². The first-order valence-electron chi connectivity index (χ1n) is 10.4. The van der Waals surface area contributed by atoms with Crippen LogP contribution in [0.15, 0.2) is 49.1 Å². The van der Waals surface area contributed by atoms with Crippen molar-refractivity contribution in [2.75, 3.05) is 27.3 Å². The number of methoxy groups -OCH3 is 2. The molecule has 1 aliphatic rings. The third-order valence-electron chi connectivity index (χ3n) is 5.92. The number of carbonyl (C=O) groups is 1. The van der Waals surface area contributed by atoms with E-state index in [1.165, 1.54) is 14.2 Å². The van der Waals surface area contributed by atoms with Crippen molar-refractivity contribution in [3.8, 4) is 34.4 Å². The standard InChI is InChI=1S/C24H22N6O3/c1-28-13-17(10-27-28)16-4-5-20-19(6-16)26-14-30(20)18-7-21(32-2)23(22(8-18)33-3)24(31)29-11-15(9-25)12-29/h4-8,10,13-15H,11-12H2,1-3H3. The van der Waals surface area contributed by atoms with E-state index in [9.17, 15) is 4.79 Å². The number of hydrogen-bond acceptors (Lipinski definition) is 6. The number of nitrogens with zero attached hydrogens (tertiary/aromatic N) is 6. The van der Waals surface area contributed by atoms with E-state index in [-0.39, 0.29) is 11.8 Å². The largest absolute Gasteiger partial charge is 0.496 e. The molecule has 1 amide bonds. The molecule has 2 aromatic carbocycles. The molecule has 9 heteroatoms. The van der Waals surface area contributed by atoms with E-state index in [2.05, 4.69) is 16.2 Å². The highest BCUT2D eigenvalue weighted by molar-refractivity contribution is 6.00. The van der Waals surface area contributed by atoms with Gasteiger partial charge in [-0.25, -0.2) is 4.98 Å². The average Bonchev–Trinajstić information content (AvgIpc) is 3.43. The van der Waals surface area contributed by atoms with Gasteiger partial charge in [-0.05, 0) is 17.7 Å². The number of ether oxygens (including phenoxy) is 2. The summed E-state index contributed by atoms with van der Waals surface area (Å²) >= 11 is 0. The Hall–Kier alpha value is -4.32. The van der Waals surface area contributed by atoms with Crippen LogP contribution in [0.1, 0.15) is 10.4 Å². The molecule has 1 fully saturated rings. The summed E-state index contributed by atoms with van der Waals surface area (Å²) in [7, 11) is 4.93. The summed E-state index contributed by atoms with van der Waals surface area (Å²) in [5.41, 5.74) is 4.90. The maximum absolute atomic E-state index is 13.1. The molecule has 0 bridgehead atoms. The number of aryl methyl sites for hydroxylation is 1. The van der Waals surface area contributed by atoms with Crippen LogP contribution in [-0.2, 0) is 7.05 Å². The van der Waals surface area contributed by atoms with Crippen molar-refractivity contribution in [2.24, 2.45) is 13.0 Å². The second-order valence-corrected chi connectivity index (χ2v) is 7.98. The van der Waals surface area contributed by atoms with Crippen molar-refractivity contribution in [3.05, 3.63) is 54.6 Å². The Labute approximate surface area is 190 Å². The number of hydrogen-bond donors (Lipinski definition) is 0. The molecule has 1 aliphatic heterocycles. The van der Waals surface area contributed by atoms with Crippen molar-refractivity contribution in [2.45, 2.75) is 0 Å². The molecule has 5 rings (SSSR count). The van der Waals surface area contributed by atoms with E-state index in [0.717, 1.165) is 27.8 Å². The molecule has 0 spiro atoms. The highest BCUT2D eigenvalue weighted by atomic mass is 16.5. The van der Waals surface area contributed by atoms with Crippen molar-refractivity contribution >= 4 is 16.9 Å². The minimum absolute atomic E-state index is 0.126. The number of nitriles is 1. The fourth-order valence-corrected chi connectivity index (χ4v) is 4.10. The van der Waals surface area contributed by atoms with Crippen LogP contribution < -0.4 is 9.47 Å². The third kappa shape index (κ3) is 3.46. The summed E-state index contributed by atoms with van der Waals surface area (Å²) in [5.74, 6) is 0.476. The van der Waals surface area contributed by atoms with Gasteiger partial charge in [0.1, 0.15) is 23.4 Å². The van der Waals surface area contributed by atoms with Gasteiger partial charge < -0.3 is 14.4 Å². The normalized spacial score (nSPS) is 13.6. The van der Waals surface area contributed by atoms with Crippen LogP contribution in [-0.4, -0.2) is 57.4 Å². The van der Waals surface area contributed by atoms with Gasteiger partial charge in [0, 0.05) is 44.0 Å². The number of fused-ring (bicyclic) bond motifs is 1. The molecular weight excluding hydrogens is 420 g/mol. The molecule has 4 aromatic rings. The molecule has 9 nitrogen and oxygen atoms in total. The Kier molecular flexibility index (Phi) is 4.98. The molecule has 0 radical (unpaired) electrons. The predicted molar refractivity (Wildman–Crippen MR) is 121 cm³/mol. The molecule has 0 aliphatic carbocycles. The van der Waals surface area contributed by atoms with Crippen molar-refractivity contribution in [1.82, 2.24) is 24.2 Å². The van der Waals surface area contributed by atoms with E-state index in [1.54, 1.807) is 28.0 Å². The van der Waals surface area contributed by atoms with Crippen LogP contribution in [0.3, 0.4) is 0 Å². The maximum Gasteiger partial charge on any atom is 0.261 e. The van der Waals surface area contributed by atoms with E-state index in [1.807, 2.05) is 42.2 Å². The number of carbonyl (C=O) groups excluding carboxylic acids is 1. The minimum Gasteiger partial charge on any atom is -0.496 e. The molecule has 0 N–H and O–H groups in total. The van der Waals surface area contributed by atoms with Gasteiger partial charge in [-0.3, -0.25) is 14.0 Å². The first kappa shape index (κ1) is 20.6. The van der Waals surface area contributed by atoms with Gasteiger partial charge in [-0.2, -0.15) is 10.4 Å². The Morgan fingerprint density at radius 2 is 1.85 bits per heavy atom. The van der Waals surface area contributed by atoms with Gasteiger partial charge in [0.25, 0.3) is 5.91 Å². The van der Waals surface area contributed by atoms with E-state index in [0.29, 0.717) is 30.2 Å². The second-order valence-electron chi connectivity index (χ2n) is 7.98. The van der Waals surface area contributed by atoms with Crippen LogP contribution in [0, 0.1) is 17.2 Å². The lowest BCUT2D eigenvalue weighted by Crippen LogP contribution is -2.49. The summed E-state index contributed by atoms with van der Waals surface area (Å²) in [6, 6.07) is 11.8. The number of benzene rings is 2. The summed E-state index contributed by atoms with van der Waals surface area (Å²) in [6.45, 7) is 0.823. The lowest BCUT2D eigenvalue weighted by atomic mass is 10.00. The molecule has 0 saturated carbocycles. The zero-order valence-electron chi connectivity index (χ0n) is 18.5. The Bertz CT molecular complexity index is 1380. The molecule has 0 unspecified atom stereocenters. The van der Waals surface area contributed by atoms with Gasteiger partial charge in [-0.1, -0.05) is 6.07 Å². The molecule has 2 aromatic heterocycles. The smallest absolute Gasteiger partial charge is 0.261 e. The third-order valence-corrected chi connectivity index (χ3v) is 5.92. The summed E-state index contributed by atoms with van der Waals surface area (Å²) in [5, 5.41) is 13.3. The average molecular weight is 442 g/mol. The van der Waals surface area contributed by atoms with Crippen LogP contribution in [0.2, 0.25) is 0 Å². The highest BCUT2D eigenvalue weighted by Crippen LogP contribution is 2.36. The predicted octanol–water partition coefficient (Wildman–Crippen LogP) is 3.04. The van der Waals surface area contributed by atoms with Crippen LogP contribution >= 0.6 is 0 Å². The maximum atomic E-state index is 13.1. The number of aromatic nitrogens is 4. The van der Waals surface area contributed by atoms with E-state index >= 15 is 0 Å². The van der Waals surface area contributed by atoms with Crippen LogP contribution in [0.25, 0.3) is 27.8 Å². The van der Waals surface area contributed by atoms with E-state index < -0.39 is 0 Å². The molecule has 3 heterocycles. The van der Waals surface area contributed by atoms with Crippen molar-refractivity contribution in [3.63, 3.8) is 0 Å². The zero-order valence-corrected chi connectivity index (χ0v) is 18.5. The SMILES string of the molecule is COc1cc(-n2cnc3cc(-c4cnn(C)c4)ccc32)cc(OC)c1C(=O)N1CC(C#N)C1. The molecule has 33 heavy (non-hydrogen) atoms. The summed E-state index contributed by atoms with van der Waals surface area (Å²) < 4.78 is 14.8. The van der Waals surface area contributed by atoms with Gasteiger partial charge in [0.2, 0.25) is 0 Å². The fraction of sp³-hybridized carbons (Fsp3) is 0.250. The lowest BCUT2D eigenvalue weighted by molar-refractivity contribution is 0.0570. The quantitative estimate of drug-likeness (QED) is 0.471. The Morgan fingerprint density at radius 1 is 1.12 bits per heavy atom. The monoisotopic (exact) mass is 442 g/mol. The number of rotatable bonds is 5. The zero-order chi connectivity index (χ0) is 23.1. The summed E-state index contributed by atoms with van der Waals surface area (Å²) in [6.07, 6.45) is 5.52. The van der Waals surface area contributed by atoms with Gasteiger partial charge in [0.05, 0.1) is 49.1 Å². The van der Waals surface area contributed by atoms with Crippen molar-refractivity contribution in [1.29, 1.82) is 5.26 Å². The summed E-state index contributed by atoms with van der Waals surface area (Å²) in [4.78, 5) is 19.3. The molecule has 166 valence electrons. The van der Waals surface area contributed by atoms with Gasteiger partial charge in [0.15, 0.2) is 0 Å². The topological polar surface area (TPSA) is 98.2 Å². The van der Waals surface area contributed by atoms with Gasteiger partial charge >= 0.3 is 0 Å². The first-order chi connectivity index (χ1) is 16.0. The highest BCUT2D eigenvalue weighted by Gasteiger charge is 2.34. The number of likely N-dealkylation sites (tertiary alicyclic amines) is 1. The van der Waals surface area contributed by atoms with Crippen LogP contribution in [0.5, 0.6) is 11.5 Å². The van der Waals surface area contributed by atoms with E-state index in [4.69, 9.17) is 14.7 Å².